The van der Waals surface area contributed by atoms with E-state index in [4.69, 9.17) is 15.0 Å². The van der Waals surface area contributed by atoms with Gasteiger partial charge >= 0.3 is 0 Å². The fourth-order valence-electron chi connectivity index (χ4n) is 6.53. The molecule has 0 amide bonds. The lowest BCUT2D eigenvalue weighted by Crippen LogP contribution is -2.50. The second-order valence-corrected chi connectivity index (χ2v) is 16.4. The zero-order valence-corrected chi connectivity index (χ0v) is 26.3. The van der Waals surface area contributed by atoms with Crippen molar-refractivity contribution in [2.24, 2.45) is 0 Å². The van der Waals surface area contributed by atoms with Crippen molar-refractivity contribution in [1.82, 2.24) is 15.0 Å². The third kappa shape index (κ3) is 4.80. The molecule has 0 atom stereocenters. The first-order chi connectivity index (χ1) is 22.1. The van der Waals surface area contributed by atoms with Crippen LogP contribution in [0.15, 0.2) is 152 Å². The second-order valence-electron chi connectivity index (χ2n) is 12.1. The van der Waals surface area contributed by atoms with Crippen molar-refractivity contribution in [3.8, 4) is 67.4 Å². The van der Waals surface area contributed by atoms with Crippen LogP contribution in [0.5, 0.6) is 0 Å². The predicted octanol–water partition coefficient (Wildman–Crippen LogP) is 9.01. The van der Waals surface area contributed by atoms with Crippen molar-refractivity contribution < 1.29 is 0 Å². The Morgan fingerprint density at radius 3 is 1.69 bits per heavy atom. The molecule has 7 aromatic rings. The van der Waals surface area contributed by atoms with Crippen molar-refractivity contribution >= 4 is 18.6 Å². The Kier molecular flexibility index (Phi) is 6.58. The number of hydrogen-bond acceptors (Lipinski definition) is 3. The van der Waals surface area contributed by atoms with Crippen molar-refractivity contribution in [3.05, 3.63) is 152 Å². The number of aromatic nitrogens is 3. The molecule has 0 aliphatic carbocycles. The monoisotopic (exact) mass is 593 g/mol. The average Bonchev–Trinajstić information content (AvgIpc) is 3.35. The molecule has 0 spiro atoms. The average molecular weight is 594 g/mol. The van der Waals surface area contributed by atoms with Crippen molar-refractivity contribution in [1.29, 1.82) is 0 Å². The van der Waals surface area contributed by atoms with Gasteiger partial charge in [0, 0.05) is 33.1 Å². The van der Waals surface area contributed by atoms with E-state index in [1.807, 2.05) is 12.1 Å². The van der Waals surface area contributed by atoms with Crippen LogP contribution in [0.1, 0.15) is 0 Å². The van der Waals surface area contributed by atoms with E-state index in [1.165, 1.54) is 27.2 Å². The molecule has 8 rings (SSSR count). The van der Waals surface area contributed by atoms with Crippen LogP contribution in [0.4, 0.5) is 0 Å². The Hall–Kier alpha value is -5.45. The Balaban J connectivity index is 1.34. The Morgan fingerprint density at radius 1 is 0.422 bits per heavy atom. The molecule has 0 saturated heterocycles. The molecular formula is C41H31N3Si. The van der Waals surface area contributed by atoms with E-state index in [2.05, 4.69) is 153 Å². The van der Waals surface area contributed by atoms with Gasteiger partial charge in [-0.3, -0.25) is 0 Å². The van der Waals surface area contributed by atoms with Crippen LogP contribution in [0.3, 0.4) is 0 Å². The quantitative estimate of drug-likeness (QED) is 0.187. The molecule has 0 N–H and O–H groups in total. The number of hydrogen-bond donors (Lipinski definition) is 0. The first-order valence-electron chi connectivity index (χ1n) is 15.4. The van der Waals surface area contributed by atoms with Crippen molar-refractivity contribution in [2.75, 3.05) is 0 Å². The maximum atomic E-state index is 5.31. The molecule has 0 unspecified atom stereocenters. The van der Waals surface area contributed by atoms with Gasteiger partial charge in [-0.05, 0) is 40.1 Å². The maximum Gasteiger partial charge on any atom is 0.159 e. The van der Waals surface area contributed by atoms with Gasteiger partial charge in [0.05, 0.1) is 17.1 Å². The normalized spacial score (nSPS) is 12.8. The summed E-state index contributed by atoms with van der Waals surface area (Å²) in [4.78, 5) is 15.8. The lowest BCUT2D eigenvalue weighted by atomic mass is 9.96. The summed E-state index contributed by atoms with van der Waals surface area (Å²) < 4.78 is 0. The van der Waals surface area contributed by atoms with Gasteiger partial charge in [-0.1, -0.05) is 147 Å². The lowest BCUT2D eigenvalue weighted by molar-refractivity contribution is 1.21. The maximum absolute atomic E-state index is 5.31. The lowest BCUT2D eigenvalue weighted by Gasteiger charge is -2.19. The molecule has 214 valence electrons. The first-order valence-corrected chi connectivity index (χ1v) is 18.4. The van der Waals surface area contributed by atoms with Gasteiger partial charge in [-0.2, -0.15) is 0 Å². The summed E-state index contributed by atoms with van der Waals surface area (Å²) in [6, 6.07) is 53.2. The van der Waals surface area contributed by atoms with Crippen LogP contribution in [0, 0.1) is 0 Å². The van der Waals surface area contributed by atoms with Gasteiger partial charge in [0.25, 0.3) is 0 Å². The highest BCUT2D eigenvalue weighted by atomic mass is 28.3. The summed E-state index contributed by atoms with van der Waals surface area (Å²) in [5.41, 5.74) is 11.9. The molecule has 1 aliphatic heterocycles. The van der Waals surface area contributed by atoms with Gasteiger partial charge in [0.15, 0.2) is 5.82 Å². The molecular weight excluding hydrogens is 563 g/mol. The molecule has 2 aromatic heterocycles. The largest absolute Gasteiger partial charge is 0.248 e. The molecule has 4 heteroatoms. The van der Waals surface area contributed by atoms with Gasteiger partial charge in [-0.25, -0.2) is 15.0 Å². The Bertz CT molecular complexity index is 2120. The van der Waals surface area contributed by atoms with Crippen molar-refractivity contribution in [2.45, 2.75) is 13.1 Å². The van der Waals surface area contributed by atoms with Crippen LogP contribution in [-0.2, 0) is 0 Å². The van der Waals surface area contributed by atoms with E-state index in [0.29, 0.717) is 0 Å². The van der Waals surface area contributed by atoms with E-state index in [1.54, 1.807) is 0 Å². The summed E-state index contributed by atoms with van der Waals surface area (Å²) in [7, 11) is -2.04. The summed E-state index contributed by atoms with van der Waals surface area (Å²) in [6.45, 7) is 4.81. The molecule has 0 saturated carbocycles. The Morgan fingerprint density at radius 2 is 0.978 bits per heavy atom. The summed E-state index contributed by atoms with van der Waals surface area (Å²) in [6.07, 6.45) is 0. The predicted molar refractivity (Wildman–Crippen MR) is 189 cm³/mol. The molecule has 3 nitrogen and oxygen atoms in total. The van der Waals surface area contributed by atoms with E-state index >= 15 is 0 Å². The van der Waals surface area contributed by atoms with Crippen LogP contribution in [-0.4, -0.2) is 23.0 Å². The topological polar surface area (TPSA) is 38.7 Å². The number of rotatable bonds is 5. The molecule has 45 heavy (non-hydrogen) atoms. The third-order valence-corrected chi connectivity index (χ3v) is 12.2. The first kappa shape index (κ1) is 27.1. The zero-order chi connectivity index (χ0) is 30.4. The number of benzene rings is 5. The van der Waals surface area contributed by atoms with E-state index in [-0.39, 0.29) is 0 Å². The minimum atomic E-state index is -2.04. The fraction of sp³-hybridized carbons (Fsp3) is 0.0488. The van der Waals surface area contributed by atoms with Crippen LogP contribution in [0.2, 0.25) is 13.1 Å². The van der Waals surface area contributed by atoms with Gasteiger partial charge < -0.3 is 0 Å². The number of nitrogens with zero attached hydrogens (tertiary/aromatic N) is 3. The van der Waals surface area contributed by atoms with Gasteiger partial charge in [-0.15, -0.1) is 0 Å². The highest BCUT2D eigenvalue weighted by molar-refractivity contribution is 7.03. The standard InChI is InChI=1S/C41H31N3Si/c1-45(2)37-24-13-12-23-34(37)38-39(43-40(44-41(38)45)30-19-10-5-11-20-30)32-22-14-21-31(25-32)36-27-33(28-15-6-3-7-16-28)26-35(42-36)29-17-8-4-9-18-29/h3-27H,1-2H3. The smallest absolute Gasteiger partial charge is 0.159 e. The third-order valence-electron chi connectivity index (χ3n) is 8.84. The molecule has 0 fully saturated rings. The summed E-state index contributed by atoms with van der Waals surface area (Å²) in [5, 5.41) is 2.62. The molecule has 5 aromatic carbocycles. The van der Waals surface area contributed by atoms with Crippen molar-refractivity contribution in [3.63, 3.8) is 0 Å². The molecule has 3 heterocycles. The van der Waals surface area contributed by atoms with Crippen LogP contribution in [0.25, 0.3) is 67.4 Å². The minimum Gasteiger partial charge on any atom is -0.248 e. The molecule has 0 radical (unpaired) electrons. The number of pyridine rings is 1. The van der Waals surface area contributed by atoms with E-state index in [0.717, 1.165) is 50.7 Å². The van der Waals surface area contributed by atoms with E-state index in [9.17, 15) is 0 Å². The Labute approximate surface area is 265 Å². The summed E-state index contributed by atoms with van der Waals surface area (Å²) >= 11 is 0. The van der Waals surface area contributed by atoms with Crippen LogP contribution >= 0.6 is 0 Å². The minimum absolute atomic E-state index is 0.777. The summed E-state index contributed by atoms with van der Waals surface area (Å²) in [5.74, 6) is 0.777. The fourth-order valence-corrected chi connectivity index (χ4v) is 9.44. The van der Waals surface area contributed by atoms with E-state index < -0.39 is 8.07 Å². The second kappa shape index (κ2) is 10.9. The highest BCUT2D eigenvalue weighted by Crippen LogP contribution is 2.38. The SMILES string of the molecule is C[Si]1(C)c2ccccc2-c2c(-c3cccc(-c4cc(-c5ccccc5)cc(-c5ccccc5)n4)c3)nc(-c3ccccc3)nc21. The zero-order valence-electron chi connectivity index (χ0n) is 25.3. The molecule has 1 aliphatic rings. The molecule has 0 bridgehead atoms. The number of fused-ring (bicyclic) bond motifs is 3. The highest BCUT2D eigenvalue weighted by Gasteiger charge is 2.41. The van der Waals surface area contributed by atoms with Crippen LogP contribution < -0.4 is 10.5 Å². The van der Waals surface area contributed by atoms with Gasteiger partial charge in [0.1, 0.15) is 8.07 Å². The van der Waals surface area contributed by atoms with Gasteiger partial charge in [0.2, 0.25) is 0 Å².